The van der Waals surface area contributed by atoms with Crippen molar-refractivity contribution in [3.05, 3.63) is 13.3 Å². The first-order chi connectivity index (χ1) is 2.91. The highest BCUT2D eigenvalue weighted by Crippen LogP contribution is 1.93. The number of hydrogen-bond acceptors (Lipinski definition) is 0. The summed E-state index contributed by atoms with van der Waals surface area (Å²) in [7, 11) is 0. The number of unbranched alkanes of at least 4 members (excludes halogenated alkanes) is 3. The highest BCUT2D eigenvalue weighted by Gasteiger charge is 1.75. The van der Waals surface area contributed by atoms with Gasteiger partial charge in [-0.25, -0.2) is 0 Å². The maximum Gasteiger partial charge on any atom is -0.0417 e. The zero-order chi connectivity index (χ0) is 4.83. The van der Waals surface area contributed by atoms with E-state index in [1.807, 2.05) is 0 Å². The van der Waals surface area contributed by atoms with Gasteiger partial charge in [0.15, 0.2) is 0 Å². The minimum absolute atomic E-state index is 1.07. The lowest BCUT2D eigenvalue weighted by Crippen LogP contribution is -1.67. The molecule has 0 atom stereocenters. The van der Waals surface area contributed by atoms with E-state index in [2.05, 4.69) is 20.3 Å². The van der Waals surface area contributed by atoms with Crippen molar-refractivity contribution in [2.75, 3.05) is 0 Å². The van der Waals surface area contributed by atoms with Crippen LogP contribution in [0.4, 0.5) is 0 Å². The Hall–Kier alpha value is 0. The molecule has 0 amide bonds. The first-order valence-corrected chi connectivity index (χ1v) is 2.49. The third-order valence-electron chi connectivity index (χ3n) is 0.743. The van der Waals surface area contributed by atoms with Crippen LogP contribution in [0, 0.1) is 13.3 Å². The van der Waals surface area contributed by atoms with Crippen LogP contribution >= 0.6 is 0 Å². The molecule has 36 valence electrons. The Balaban J connectivity index is 2.34. The van der Waals surface area contributed by atoms with Gasteiger partial charge in [0, 0.05) is 0 Å². The summed E-state index contributed by atoms with van der Waals surface area (Å²) in [5.41, 5.74) is 0. The molecule has 6 heavy (non-hydrogen) atoms. The zero-order valence-corrected chi connectivity index (χ0v) is 4.41. The van der Waals surface area contributed by atoms with E-state index in [1.165, 1.54) is 12.8 Å². The number of rotatable bonds is 3. The third kappa shape index (κ3) is 4.00. The fraction of sp³-hybridized carbons (Fsp3) is 0.667. The predicted molar refractivity (Wildman–Crippen MR) is 29.2 cm³/mol. The van der Waals surface area contributed by atoms with Gasteiger partial charge in [0.05, 0.1) is 0 Å². The Kier molecular flexibility index (Phi) is 5.00. The minimum Gasteiger partial charge on any atom is -0.0623 e. The fourth-order valence-corrected chi connectivity index (χ4v) is 0.348. The summed E-state index contributed by atoms with van der Waals surface area (Å²) in [6.07, 6.45) is 5.72. The van der Waals surface area contributed by atoms with Gasteiger partial charge in [-0.3, -0.25) is 0 Å². The summed E-state index contributed by atoms with van der Waals surface area (Å²) in [5, 5.41) is 0. The summed E-state index contributed by atoms with van der Waals surface area (Å²) >= 11 is 0. The Bertz CT molecular complexity index is 12.0. The molecule has 0 fully saturated rings. The predicted octanol–water partition coefficient (Wildman–Crippen LogP) is 2.21. The van der Waals surface area contributed by atoms with Crippen LogP contribution in [0.25, 0.3) is 0 Å². The fourth-order valence-electron chi connectivity index (χ4n) is 0.348. The molecule has 0 heteroatoms. The highest BCUT2D eigenvalue weighted by atomic mass is 13.8. The first-order valence-electron chi connectivity index (χ1n) is 2.49. The van der Waals surface area contributed by atoms with Crippen LogP contribution in [0.5, 0.6) is 0 Å². The summed E-state index contributed by atoms with van der Waals surface area (Å²) < 4.78 is 0. The zero-order valence-electron chi connectivity index (χ0n) is 4.41. The minimum atomic E-state index is 1.07. The Morgan fingerprint density at radius 3 is 2.50 bits per heavy atom. The average molecular weight is 84.2 g/mol. The van der Waals surface area contributed by atoms with Crippen LogP contribution in [0.3, 0.4) is 0 Å². The molecule has 0 unspecified atom stereocenters. The molecule has 0 aliphatic carbocycles. The van der Waals surface area contributed by atoms with Crippen molar-refractivity contribution in [2.24, 2.45) is 0 Å². The van der Waals surface area contributed by atoms with Crippen LogP contribution in [0.15, 0.2) is 0 Å². The van der Waals surface area contributed by atoms with Gasteiger partial charge < -0.3 is 0 Å². The smallest absolute Gasteiger partial charge is 0.0417 e. The molecular formula is C6H12. The maximum atomic E-state index is 3.70. The molecule has 0 N–H and O–H groups in total. The van der Waals surface area contributed by atoms with Crippen LogP contribution in [0.2, 0.25) is 0 Å². The lowest BCUT2D eigenvalue weighted by atomic mass is 10.2. The second kappa shape index (κ2) is 5.00. The molecule has 0 aliphatic heterocycles. The van der Waals surface area contributed by atoms with Crippen molar-refractivity contribution < 1.29 is 0 Å². The van der Waals surface area contributed by atoms with E-state index >= 15 is 0 Å². The molecule has 0 saturated carbocycles. The van der Waals surface area contributed by atoms with Gasteiger partial charge >= 0.3 is 0 Å². The topological polar surface area (TPSA) is 0 Å². The van der Waals surface area contributed by atoms with Gasteiger partial charge in [0.2, 0.25) is 0 Å². The van der Waals surface area contributed by atoms with Crippen LogP contribution in [-0.2, 0) is 0 Å². The van der Waals surface area contributed by atoms with Gasteiger partial charge in [-0.1, -0.05) is 33.1 Å². The lowest BCUT2D eigenvalue weighted by Gasteiger charge is -1.85. The largest absolute Gasteiger partial charge is 0.0623 e. The summed E-state index contributed by atoms with van der Waals surface area (Å²) in [6.45, 7) is 5.78. The maximum absolute atomic E-state index is 3.70. The van der Waals surface area contributed by atoms with Crippen LogP contribution in [0.1, 0.15) is 26.2 Å². The second-order valence-electron chi connectivity index (χ2n) is 1.40. The van der Waals surface area contributed by atoms with E-state index < -0.39 is 0 Å². The van der Waals surface area contributed by atoms with E-state index in [0.29, 0.717) is 0 Å². The Labute approximate surface area is 40.6 Å². The van der Waals surface area contributed by atoms with E-state index in [1.54, 1.807) is 0 Å². The summed E-state index contributed by atoms with van der Waals surface area (Å²) in [4.78, 5) is 0. The molecule has 0 nitrogen and oxygen atoms in total. The standard InChI is InChI=1S/C6H12/c1-3-5-6-4-2/h4H,1,3,5-6H2,2H3. The first kappa shape index (κ1) is 6.00. The molecule has 0 aliphatic rings. The van der Waals surface area contributed by atoms with E-state index in [4.69, 9.17) is 0 Å². The van der Waals surface area contributed by atoms with Crippen molar-refractivity contribution in [3.8, 4) is 0 Å². The Morgan fingerprint density at radius 2 is 2.33 bits per heavy atom. The Morgan fingerprint density at radius 1 is 1.67 bits per heavy atom. The third-order valence-corrected chi connectivity index (χ3v) is 0.743. The van der Waals surface area contributed by atoms with Crippen molar-refractivity contribution in [1.29, 1.82) is 0 Å². The molecule has 2 radical (unpaired) electrons. The molecular weight excluding hydrogens is 72.1 g/mol. The van der Waals surface area contributed by atoms with E-state index in [9.17, 15) is 0 Å². The molecule has 0 aromatic rings. The van der Waals surface area contributed by atoms with Gasteiger partial charge in [-0.15, -0.1) is 0 Å². The molecule has 0 aromatic heterocycles. The van der Waals surface area contributed by atoms with Gasteiger partial charge in [0.25, 0.3) is 0 Å². The van der Waals surface area contributed by atoms with Gasteiger partial charge in [-0.2, -0.15) is 0 Å². The molecule has 0 saturated heterocycles. The summed E-state index contributed by atoms with van der Waals surface area (Å²) in [5.74, 6) is 0. The highest BCUT2D eigenvalue weighted by molar-refractivity contribution is 4.54. The quantitative estimate of drug-likeness (QED) is 0.460. The summed E-state index contributed by atoms with van der Waals surface area (Å²) in [6, 6.07) is 0. The van der Waals surface area contributed by atoms with E-state index in [0.717, 1.165) is 6.42 Å². The van der Waals surface area contributed by atoms with Crippen molar-refractivity contribution in [2.45, 2.75) is 26.2 Å². The van der Waals surface area contributed by atoms with Crippen molar-refractivity contribution >= 4 is 0 Å². The van der Waals surface area contributed by atoms with Crippen molar-refractivity contribution in [1.82, 2.24) is 0 Å². The van der Waals surface area contributed by atoms with Gasteiger partial charge in [-0.05, 0) is 6.42 Å². The van der Waals surface area contributed by atoms with E-state index in [-0.39, 0.29) is 0 Å². The molecule has 0 bridgehead atoms. The molecule has 0 heterocycles. The lowest BCUT2D eigenvalue weighted by molar-refractivity contribution is 0.826. The normalized spacial score (nSPS) is 9.00. The van der Waals surface area contributed by atoms with Crippen molar-refractivity contribution in [3.63, 3.8) is 0 Å². The average Bonchev–Trinajstić information content (AvgIpc) is 1.61. The van der Waals surface area contributed by atoms with Crippen LogP contribution < -0.4 is 0 Å². The molecule has 0 aromatic carbocycles. The molecule has 0 spiro atoms. The monoisotopic (exact) mass is 84.1 g/mol. The molecule has 0 rings (SSSR count). The van der Waals surface area contributed by atoms with Crippen LogP contribution in [-0.4, -0.2) is 0 Å². The number of hydrogen-bond donors (Lipinski definition) is 0. The second-order valence-corrected chi connectivity index (χ2v) is 1.40. The van der Waals surface area contributed by atoms with Gasteiger partial charge in [0.1, 0.15) is 0 Å². The SMILES string of the molecule is [CH2]CCC[CH]C.